The van der Waals surface area contributed by atoms with Gasteiger partial charge < -0.3 is 9.53 Å². The first kappa shape index (κ1) is 14.8. The molecule has 0 rings (SSSR count). The fourth-order valence-electron chi connectivity index (χ4n) is 1.31. The lowest BCUT2D eigenvalue weighted by molar-refractivity contribution is -0.140. The number of ketones is 2. The van der Waals surface area contributed by atoms with Crippen molar-refractivity contribution in [2.75, 3.05) is 7.11 Å². The van der Waals surface area contributed by atoms with Gasteiger partial charge in [0.15, 0.2) is 0 Å². The molecule has 0 aliphatic rings. The van der Waals surface area contributed by atoms with E-state index in [0.29, 0.717) is 25.7 Å². The Hall–Kier alpha value is -1.19. The minimum atomic E-state index is -0.206. The van der Waals surface area contributed by atoms with E-state index in [9.17, 15) is 14.4 Å². The molecule has 0 radical (unpaired) electrons. The van der Waals surface area contributed by atoms with Crippen molar-refractivity contribution in [2.24, 2.45) is 0 Å². The Morgan fingerprint density at radius 3 is 2.06 bits per heavy atom. The van der Waals surface area contributed by atoms with Crippen molar-refractivity contribution in [2.45, 2.75) is 51.9 Å². The number of esters is 1. The summed E-state index contributed by atoms with van der Waals surface area (Å²) in [6, 6.07) is 0. The molecule has 0 amide bonds. The van der Waals surface area contributed by atoms with Gasteiger partial charge in [-0.05, 0) is 19.8 Å². The van der Waals surface area contributed by atoms with Gasteiger partial charge in [-0.25, -0.2) is 0 Å². The number of hydrogen-bond donors (Lipinski definition) is 0. The molecule has 92 valence electrons. The van der Waals surface area contributed by atoms with Crippen LogP contribution in [0.25, 0.3) is 0 Å². The predicted octanol–water partition coefficient (Wildman–Crippen LogP) is 2.05. The Bertz CT molecular complexity index is 245. The minimum Gasteiger partial charge on any atom is -0.469 e. The Morgan fingerprint density at radius 2 is 1.50 bits per heavy atom. The molecule has 0 fully saturated rings. The molecule has 0 heterocycles. The summed E-state index contributed by atoms with van der Waals surface area (Å²) >= 11 is 0. The number of Topliss-reactive ketones (excluding diaryl/α,β-unsaturated/α-hetero) is 2. The summed E-state index contributed by atoms with van der Waals surface area (Å²) in [7, 11) is 1.37. The van der Waals surface area contributed by atoms with Gasteiger partial charge in [0, 0.05) is 25.7 Å². The molecule has 4 nitrogen and oxygen atoms in total. The highest BCUT2D eigenvalue weighted by Gasteiger charge is 2.04. The Balaban J connectivity index is 3.34. The molecular weight excluding hydrogens is 208 g/mol. The van der Waals surface area contributed by atoms with Gasteiger partial charge in [-0.2, -0.15) is 0 Å². The molecule has 0 aliphatic heterocycles. The molecule has 0 N–H and O–H groups in total. The third kappa shape index (κ3) is 9.37. The van der Waals surface area contributed by atoms with E-state index in [1.54, 1.807) is 0 Å². The zero-order valence-corrected chi connectivity index (χ0v) is 10.1. The smallest absolute Gasteiger partial charge is 0.305 e. The van der Waals surface area contributed by atoms with E-state index in [0.717, 1.165) is 19.3 Å². The molecular formula is C12H20O4. The van der Waals surface area contributed by atoms with Crippen LogP contribution in [0, 0.1) is 0 Å². The standard InChI is InChI=1S/C12H20O4/c1-10(13)8-9-11(14)6-4-3-5-7-12(15)16-2/h3-9H2,1-2H3. The number of carbonyl (C=O) groups is 3. The van der Waals surface area contributed by atoms with Gasteiger partial charge in [-0.1, -0.05) is 6.42 Å². The first-order valence-electron chi connectivity index (χ1n) is 5.64. The quantitative estimate of drug-likeness (QED) is 0.447. The van der Waals surface area contributed by atoms with E-state index in [4.69, 9.17) is 0 Å². The molecule has 0 aromatic carbocycles. The summed E-state index contributed by atoms with van der Waals surface area (Å²) in [4.78, 5) is 32.6. The van der Waals surface area contributed by atoms with Gasteiger partial charge in [0.25, 0.3) is 0 Å². The SMILES string of the molecule is COC(=O)CCCCCC(=O)CCC(C)=O. The number of carbonyl (C=O) groups excluding carboxylic acids is 3. The van der Waals surface area contributed by atoms with E-state index < -0.39 is 0 Å². The van der Waals surface area contributed by atoms with Crippen LogP contribution in [0.4, 0.5) is 0 Å². The highest BCUT2D eigenvalue weighted by molar-refractivity contribution is 5.84. The minimum absolute atomic E-state index is 0.0547. The molecule has 4 heteroatoms. The van der Waals surface area contributed by atoms with Crippen molar-refractivity contribution >= 4 is 17.5 Å². The van der Waals surface area contributed by atoms with Gasteiger partial charge in [0.2, 0.25) is 0 Å². The van der Waals surface area contributed by atoms with Crippen molar-refractivity contribution in [1.29, 1.82) is 0 Å². The summed E-state index contributed by atoms with van der Waals surface area (Å²) in [5.74, 6) is -0.0183. The highest BCUT2D eigenvalue weighted by Crippen LogP contribution is 2.06. The van der Waals surface area contributed by atoms with Gasteiger partial charge in [0.05, 0.1) is 7.11 Å². The van der Waals surface area contributed by atoms with E-state index in [1.165, 1.54) is 14.0 Å². The largest absolute Gasteiger partial charge is 0.469 e. The average molecular weight is 228 g/mol. The maximum atomic E-state index is 11.3. The summed E-state index contributed by atoms with van der Waals surface area (Å²) in [5, 5.41) is 0. The summed E-state index contributed by atoms with van der Waals surface area (Å²) in [6.45, 7) is 1.49. The molecule has 0 spiro atoms. The summed E-state index contributed by atoms with van der Waals surface area (Å²) in [5.41, 5.74) is 0. The zero-order valence-electron chi connectivity index (χ0n) is 10.1. The van der Waals surface area contributed by atoms with Crippen molar-refractivity contribution in [3.05, 3.63) is 0 Å². The maximum absolute atomic E-state index is 11.3. The van der Waals surface area contributed by atoms with Crippen LogP contribution in [0.3, 0.4) is 0 Å². The van der Waals surface area contributed by atoms with Crippen LogP contribution < -0.4 is 0 Å². The predicted molar refractivity (Wildman–Crippen MR) is 60.0 cm³/mol. The average Bonchev–Trinajstić information content (AvgIpc) is 2.25. The van der Waals surface area contributed by atoms with Gasteiger partial charge in [-0.3, -0.25) is 9.59 Å². The van der Waals surface area contributed by atoms with Crippen LogP contribution in [-0.2, 0) is 19.1 Å². The van der Waals surface area contributed by atoms with E-state index >= 15 is 0 Å². The molecule has 0 aromatic rings. The van der Waals surface area contributed by atoms with Crippen molar-refractivity contribution in [3.8, 4) is 0 Å². The molecule has 0 aliphatic carbocycles. The maximum Gasteiger partial charge on any atom is 0.305 e. The van der Waals surface area contributed by atoms with E-state index in [-0.39, 0.29) is 17.5 Å². The monoisotopic (exact) mass is 228 g/mol. The van der Waals surface area contributed by atoms with Gasteiger partial charge in [-0.15, -0.1) is 0 Å². The second kappa shape index (κ2) is 9.07. The molecule has 0 saturated carbocycles. The molecule has 0 saturated heterocycles. The number of ether oxygens (including phenoxy) is 1. The second-order valence-corrected chi connectivity index (χ2v) is 3.88. The zero-order chi connectivity index (χ0) is 12.4. The summed E-state index contributed by atoms with van der Waals surface area (Å²) in [6.07, 6.45) is 4.02. The Kier molecular flexibility index (Phi) is 8.39. The Labute approximate surface area is 96.4 Å². The lowest BCUT2D eigenvalue weighted by atomic mass is 10.1. The van der Waals surface area contributed by atoms with E-state index in [1.807, 2.05) is 0 Å². The summed E-state index contributed by atoms with van der Waals surface area (Å²) < 4.78 is 4.50. The third-order valence-electron chi connectivity index (χ3n) is 2.32. The number of methoxy groups -OCH3 is 1. The van der Waals surface area contributed by atoms with Crippen LogP contribution in [-0.4, -0.2) is 24.6 Å². The van der Waals surface area contributed by atoms with Crippen LogP contribution in [0.1, 0.15) is 51.9 Å². The second-order valence-electron chi connectivity index (χ2n) is 3.88. The number of hydrogen-bond acceptors (Lipinski definition) is 4. The van der Waals surface area contributed by atoms with Crippen LogP contribution in [0.15, 0.2) is 0 Å². The van der Waals surface area contributed by atoms with Crippen LogP contribution in [0.2, 0.25) is 0 Å². The van der Waals surface area contributed by atoms with Crippen LogP contribution in [0.5, 0.6) is 0 Å². The van der Waals surface area contributed by atoms with Crippen LogP contribution >= 0.6 is 0 Å². The highest BCUT2D eigenvalue weighted by atomic mass is 16.5. The van der Waals surface area contributed by atoms with E-state index in [2.05, 4.69) is 4.74 Å². The number of unbranched alkanes of at least 4 members (excludes halogenated alkanes) is 2. The first-order chi connectivity index (χ1) is 7.56. The fourth-order valence-corrected chi connectivity index (χ4v) is 1.31. The van der Waals surface area contributed by atoms with Gasteiger partial charge >= 0.3 is 5.97 Å². The normalized spacial score (nSPS) is 9.88. The molecule has 0 aromatic heterocycles. The number of rotatable bonds is 9. The molecule has 0 unspecified atom stereocenters. The first-order valence-corrected chi connectivity index (χ1v) is 5.64. The third-order valence-corrected chi connectivity index (χ3v) is 2.32. The fraction of sp³-hybridized carbons (Fsp3) is 0.750. The molecule has 0 atom stereocenters. The molecule has 0 bridgehead atoms. The Morgan fingerprint density at radius 1 is 0.875 bits per heavy atom. The molecule has 16 heavy (non-hydrogen) atoms. The van der Waals surface area contributed by atoms with Crippen molar-refractivity contribution in [1.82, 2.24) is 0 Å². The van der Waals surface area contributed by atoms with Gasteiger partial charge in [0.1, 0.15) is 11.6 Å². The van der Waals surface area contributed by atoms with Crippen molar-refractivity contribution in [3.63, 3.8) is 0 Å². The van der Waals surface area contributed by atoms with Crippen molar-refractivity contribution < 1.29 is 19.1 Å². The topological polar surface area (TPSA) is 60.4 Å². The lowest BCUT2D eigenvalue weighted by Crippen LogP contribution is -2.02. The lowest BCUT2D eigenvalue weighted by Gasteiger charge is -2.00.